The highest BCUT2D eigenvalue weighted by atomic mass is 16.5. The van der Waals surface area contributed by atoms with E-state index in [2.05, 4.69) is 41.7 Å². The van der Waals surface area contributed by atoms with Crippen molar-refractivity contribution in [2.75, 3.05) is 20.2 Å². The van der Waals surface area contributed by atoms with Crippen molar-refractivity contribution in [1.29, 1.82) is 0 Å². The molecule has 2 aliphatic rings. The van der Waals surface area contributed by atoms with Crippen LogP contribution < -0.4 is 10.1 Å². The van der Waals surface area contributed by atoms with Gasteiger partial charge in [-0.2, -0.15) is 0 Å². The minimum atomic E-state index is -0.0872. The molecule has 3 heteroatoms. The molecule has 0 bridgehead atoms. The third-order valence-electron chi connectivity index (χ3n) is 4.63. The van der Waals surface area contributed by atoms with E-state index >= 15 is 0 Å². The average molecular weight is 269 g/mol. The summed E-state index contributed by atoms with van der Waals surface area (Å²) in [6.45, 7) is 1.94. The summed E-state index contributed by atoms with van der Waals surface area (Å²) < 4.78 is 12.2. The van der Waals surface area contributed by atoms with Crippen LogP contribution in [0.3, 0.4) is 0 Å². The van der Waals surface area contributed by atoms with Gasteiger partial charge in [-0.05, 0) is 23.4 Å². The molecule has 104 valence electrons. The summed E-state index contributed by atoms with van der Waals surface area (Å²) in [7, 11) is 1.80. The van der Waals surface area contributed by atoms with E-state index in [4.69, 9.17) is 9.47 Å². The van der Waals surface area contributed by atoms with E-state index in [0.717, 1.165) is 31.7 Å². The Labute approximate surface area is 118 Å². The Morgan fingerprint density at radius 2 is 2.15 bits per heavy atom. The maximum absolute atomic E-state index is 6.38. The quantitative estimate of drug-likeness (QED) is 0.863. The third kappa shape index (κ3) is 1.74. The fourth-order valence-electron chi connectivity index (χ4n) is 3.59. The fraction of sp³-hybridized carbons (Fsp3) is 0.412. The molecule has 1 N–H and O–H groups in total. The second-order valence-corrected chi connectivity index (χ2v) is 5.84. The molecule has 2 atom stereocenters. The molecule has 0 saturated carbocycles. The molecule has 2 aromatic rings. The van der Waals surface area contributed by atoms with Gasteiger partial charge in [0.15, 0.2) is 0 Å². The number of ether oxygens (including phenoxy) is 2. The maximum Gasteiger partial charge on any atom is 0.126 e. The Hall–Kier alpha value is -1.58. The Morgan fingerprint density at radius 3 is 2.95 bits per heavy atom. The van der Waals surface area contributed by atoms with Crippen LogP contribution in [0.5, 0.6) is 5.75 Å². The lowest BCUT2D eigenvalue weighted by atomic mass is 9.86. The van der Waals surface area contributed by atoms with E-state index in [0.29, 0.717) is 0 Å². The summed E-state index contributed by atoms with van der Waals surface area (Å²) >= 11 is 0. The molecule has 20 heavy (non-hydrogen) atoms. The van der Waals surface area contributed by atoms with Gasteiger partial charge in [0.1, 0.15) is 11.4 Å². The van der Waals surface area contributed by atoms with Crippen molar-refractivity contribution in [3.05, 3.63) is 42.0 Å². The zero-order valence-electron chi connectivity index (χ0n) is 11.7. The van der Waals surface area contributed by atoms with E-state index in [9.17, 15) is 0 Å². The highest BCUT2D eigenvalue weighted by Crippen LogP contribution is 2.46. The summed E-state index contributed by atoms with van der Waals surface area (Å²) in [5.41, 5.74) is 1.12. The predicted molar refractivity (Wildman–Crippen MR) is 79.2 cm³/mol. The van der Waals surface area contributed by atoms with Crippen molar-refractivity contribution in [1.82, 2.24) is 5.32 Å². The van der Waals surface area contributed by atoms with Crippen LogP contribution in [-0.2, 0) is 4.74 Å². The lowest BCUT2D eigenvalue weighted by Gasteiger charge is -2.39. The van der Waals surface area contributed by atoms with Crippen LogP contribution in [0.2, 0.25) is 0 Å². The molecular formula is C17H19NO2. The van der Waals surface area contributed by atoms with E-state index in [1.807, 2.05) is 0 Å². The molecule has 0 amide bonds. The van der Waals surface area contributed by atoms with Crippen molar-refractivity contribution in [2.24, 2.45) is 0 Å². The molecule has 0 radical (unpaired) electrons. The van der Waals surface area contributed by atoms with Gasteiger partial charge >= 0.3 is 0 Å². The summed E-state index contributed by atoms with van der Waals surface area (Å²) in [5.74, 6) is 0.991. The van der Waals surface area contributed by atoms with Crippen molar-refractivity contribution in [3.8, 4) is 5.75 Å². The number of hydrogen-bond donors (Lipinski definition) is 1. The molecule has 2 aromatic carbocycles. The lowest BCUT2D eigenvalue weighted by molar-refractivity contribution is -0.0192. The zero-order valence-corrected chi connectivity index (χ0v) is 11.7. The van der Waals surface area contributed by atoms with Crippen LogP contribution in [0.4, 0.5) is 0 Å². The Balaban J connectivity index is 1.89. The smallest absolute Gasteiger partial charge is 0.126 e. The maximum atomic E-state index is 6.38. The number of fused-ring (bicyclic) bond motifs is 3. The van der Waals surface area contributed by atoms with E-state index in [1.54, 1.807) is 7.11 Å². The van der Waals surface area contributed by atoms with Gasteiger partial charge in [0.2, 0.25) is 0 Å². The molecule has 0 aliphatic carbocycles. The van der Waals surface area contributed by atoms with Crippen molar-refractivity contribution < 1.29 is 9.47 Å². The summed E-state index contributed by atoms with van der Waals surface area (Å²) in [6.07, 6.45) is 2.10. The molecule has 1 fully saturated rings. The fourth-order valence-corrected chi connectivity index (χ4v) is 3.59. The van der Waals surface area contributed by atoms with Crippen LogP contribution in [0.25, 0.3) is 10.8 Å². The average Bonchev–Trinajstić information content (AvgIpc) is 2.93. The SMILES string of the molecule is COC1CC2(CCNC2)Oc2ccc3ccccc3c21. The Bertz CT molecular complexity index is 646. The van der Waals surface area contributed by atoms with Gasteiger partial charge in [0.05, 0.1) is 6.10 Å². The monoisotopic (exact) mass is 269 g/mol. The molecule has 4 rings (SSSR count). The van der Waals surface area contributed by atoms with Crippen molar-refractivity contribution in [3.63, 3.8) is 0 Å². The van der Waals surface area contributed by atoms with Crippen LogP contribution in [0.15, 0.2) is 36.4 Å². The van der Waals surface area contributed by atoms with E-state index < -0.39 is 0 Å². The van der Waals surface area contributed by atoms with Gasteiger partial charge in [-0.3, -0.25) is 0 Å². The number of rotatable bonds is 1. The third-order valence-corrected chi connectivity index (χ3v) is 4.63. The molecule has 1 spiro atoms. The van der Waals surface area contributed by atoms with Crippen LogP contribution in [0.1, 0.15) is 24.5 Å². The standard InChI is InChI=1S/C17H19NO2/c1-19-15-10-17(8-9-18-11-17)20-14-7-6-12-4-2-3-5-13(12)16(14)15/h2-7,15,18H,8-11H2,1H3. The van der Waals surface area contributed by atoms with Crippen molar-refractivity contribution >= 4 is 10.8 Å². The largest absolute Gasteiger partial charge is 0.485 e. The van der Waals surface area contributed by atoms with Gasteiger partial charge < -0.3 is 14.8 Å². The highest BCUT2D eigenvalue weighted by Gasteiger charge is 2.43. The summed E-state index contributed by atoms with van der Waals surface area (Å²) in [5, 5.41) is 5.91. The molecule has 0 aromatic heterocycles. The number of nitrogens with one attached hydrogen (secondary N) is 1. The highest BCUT2D eigenvalue weighted by molar-refractivity contribution is 5.88. The minimum absolute atomic E-state index is 0.0872. The van der Waals surface area contributed by atoms with Gasteiger partial charge in [0, 0.05) is 32.1 Å². The van der Waals surface area contributed by atoms with Crippen LogP contribution in [0, 0.1) is 0 Å². The Morgan fingerprint density at radius 1 is 1.25 bits per heavy atom. The molecule has 1 saturated heterocycles. The molecule has 3 nitrogen and oxygen atoms in total. The predicted octanol–water partition coefficient (Wildman–Crippen LogP) is 3.04. The number of methoxy groups -OCH3 is 1. The van der Waals surface area contributed by atoms with Gasteiger partial charge in [-0.25, -0.2) is 0 Å². The normalized spacial score (nSPS) is 28.6. The molecule has 2 unspecified atom stereocenters. The van der Waals surface area contributed by atoms with Crippen LogP contribution >= 0.6 is 0 Å². The van der Waals surface area contributed by atoms with E-state index in [1.165, 1.54) is 16.3 Å². The van der Waals surface area contributed by atoms with Crippen LogP contribution in [-0.4, -0.2) is 25.8 Å². The topological polar surface area (TPSA) is 30.5 Å². The zero-order chi connectivity index (χ0) is 13.6. The molecular weight excluding hydrogens is 250 g/mol. The second-order valence-electron chi connectivity index (χ2n) is 5.84. The second kappa shape index (κ2) is 4.47. The summed E-state index contributed by atoms with van der Waals surface area (Å²) in [4.78, 5) is 0. The lowest BCUT2D eigenvalue weighted by Crippen LogP contribution is -2.43. The first-order valence-electron chi connectivity index (χ1n) is 7.25. The first kappa shape index (κ1) is 12.2. The van der Waals surface area contributed by atoms with E-state index in [-0.39, 0.29) is 11.7 Å². The minimum Gasteiger partial charge on any atom is -0.485 e. The first-order chi connectivity index (χ1) is 9.81. The van der Waals surface area contributed by atoms with Gasteiger partial charge in [-0.1, -0.05) is 30.3 Å². The van der Waals surface area contributed by atoms with Gasteiger partial charge in [-0.15, -0.1) is 0 Å². The van der Waals surface area contributed by atoms with Crippen molar-refractivity contribution in [2.45, 2.75) is 24.5 Å². The summed E-state index contributed by atoms with van der Waals surface area (Å²) in [6, 6.07) is 12.7. The van der Waals surface area contributed by atoms with Gasteiger partial charge in [0.25, 0.3) is 0 Å². The molecule has 2 aliphatic heterocycles. The molecule has 2 heterocycles. The Kier molecular flexibility index (Phi) is 2.72. The number of benzene rings is 2. The first-order valence-corrected chi connectivity index (χ1v) is 7.25. The number of hydrogen-bond acceptors (Lipinski definition) is 3.